The zero-order valence-corrected chi connectivity index (χ0v) is 14.3. The van der Waals surface area contributed by atoms with E-state index in [1.807, 2.05) is 48.7 Å². The SMILES string of the molecule is CC1SC(=O)NN=C1c1ccc2c(c1)/C(=C/c1cccs1)C(=O)N2. The third-order valence-corrected chi connectivity index (χ3v) is 5.57. The number of benzene rings is 1. The molecule has 0 saturated heterocycles. The number of nitrogens with one attached hydrogen (secondary N) is 2. The van der Waals surface area contributed by atoms with Gasteiger partial charge >= 0.3 is 0 Å². The van der Waals surface area contributed by atoms with Crippen molar-refractivity contribution >= 4 is 57.3 Å². The van der Waals surface area contributed by atoms with Gasteiger partial charge in [0.2, 0.25) is 0 Å². The maximum absolute atomic E-state index is 12.3. The van der Waals surface area contributed by atoms with Gasteiger partial charge in [-0.25, -0.2) is 5.43 Å². The quantitative estimate of drug-likeness (QED) is 0.805. The lowest BCUT2D eigenvalue weighted by molar-refractivity contribution is -0.110. The number of anilines is 1. The van der Waals surface area contributed by atoms with Crippen LogP contribution >= 0.6 is 23.1 Å². The van der Waals surface area contributed by atoms with Crippen molar-refractivity contribution in [1.29, 1.82) is 0 Å². The molecule has 0 saturated carbocycles. The highest BCUT2D eigenvalue weighted by atomic mass is 32.2. The number of thiophene rings is 1. The Morgan fingerprint density at radius 1 is 1.25 bits per heavy atom. The summed E-state index contributed by atoms with van der Waals surface area (Å²) in [4.78, 5) is 24.7. The van der Waals surface area contributed by atoms with Crippen molar-refractivity contribution in [3.05, 3.63) is 51.7 Å². The van der Waals surface area contributed by atoms with E-state index >= 15 is 0 Å². The van der Waals surface area contributed by atoms with Crippen molar-refractivity contribution in [1.82, 2.24) is 5.43 Å². The van der Waals surface area contributed by atoms with E-state index in [1.54, 1.807) is 11.3 Å². The van der Waals surface area contributed by atoms with Crippen LogP contribution in [0.3, 0.4) is 0 Å². The molecule has 120 valence electrons. The number of rotatable bonds is 2. The fraction of sp³-hybridized carbons (Fsp3) is 0.118. The monoisotopic (exact) mass is 355 g/mol. The van der Waals surface area contributed by atoms with Crippen molar-refractivity contribution in [2.75, 3.05) is 5.32 Å². The number of hydrogen-bond donors (Lipinski definition) is 2. The highest BCUT2D eigenvalue weighted by molar-refractivity contribution is 8.14. The van der Waals surface area contributed by atoms with E-state index in [0.29, 0.717) is 5.57 Å². The molecule has 0 fully saturated rings. The second-order valence-electron chi connectivity index (χ2n) is 5.44. The van der Waals surface area contributed by atoms with E-state index < -0.39 is 0 Å². The van der Waals surface area contributed by atoms with Crippen molar-refractivity contribution in [3.63, 3.8) is 0 Å². The van der Waals surface area contributed by atoms with Gasteiger partial charge in [0.15, 0.2) is 0 Å². The number of nitrogens with zero attached hydrogens (tertiary/aromatic N) is 1. The summed E-state index contributed by atoms with van der Waals surface area (Å²) in [5, 5.41) is 8.87. The normalized spacial score (nSPS) is 21.3. The predicted octanol–water partition coefficient (Wildman–Crippen LogP) is 3.79. The molecule has 4 rings (SSSR count). The largest absolute Gasteiger partial charge is 0.321 e. The second-order valence-corrected chi connectivity index (χ2v) is 7.74. The van der Waals surface area contributed by atoms with Gasteiger partial charge in [0.1, 0.15) is 0 Å². The highest BCUT2D eigenvalue weighted by Gasteiger charge is 2.27. The molecule has 24 heavy (non-hydrogen) atoms. The summed E-state index contributed by atoms with van der Waals surface area (Å²) in [6.07, 6.45) is 1.90. The van der Waals surface area contributed by atoms with E-state index in [0.717, 1.165) is 27.4 Å². The Hall–Kier alpha value is -2.38. The molecule has 0 aliphatic carbocycles. The first-order valence-corrected chi connectivity index (χ1v) is 9.13. The van der Waals surface area contributed by atoms with Gasteiger partial charge in [0.25, 0.3) is 11.1 Å². The molecule has 1 aromatic carbocycles. The number of carbonyl (C=O) groups excluding carboxylic acids is 2. The molecule has 0 spiro atoms. The van der Waals surface area contributed by atoms with Crippen LogP contribution in [0.25, 0.3) is 11.6 Å². The fourth-order valence-corrected chi connectivity index (χ4v) is 4.12. The van der Waals surface area contributed by atoms with Crippen LogP contribution in [0.1, 0.15) is 22.9 Å². The summed E-state index contributed by atoms with van der Waals surface area (Å²) < 4.78 is 0. The lowest BCUT2D eigenvalue weighted by Gasteiger charge is -2.18. The van der Waals surface area contributed by atoms with Gasteiger partial charge in [-0.1, -0.05) is 23.9 Å². The van der Waals surface area contributed by atoms with Crippen LogP contribution < -0.4 is 10.7 Å². The Kier molecular flexibility index (Phi) is 3.74. The van der Waals surface area contributed by atoms with Gasteiger partial charge in [0.05, 0.1) is 16.5 Å². The van der Waals surface area contributed by atoms with Crippen molar-refractivity contribution < 1.29 is 9.59 Å². The van der Waals surface area contributed by atoms with E-state index in [4.69, 9.17) is 0 Å². The topological polar surface area (TPSA) is 70.6 Å². The average molecular weight is 355 g/mol. The van der Waals surface area contributed by atoms with Gasteiger partial charge in [-0.05, 0) is 42.1 Å². The summed E-state index contributed by atoms with van der Waals surface area (Å²) in [6, 6.07) is 9.70. The molecular formula is C17H13N3O2S2. The molecule has 0 radical (unpaired) electrons. The van der Waals surface area contributed by atoms with Gasteiger partial charge < -0.3 is 5.32 Å². The molecule has 2 aliphatic heterocycles. The van der Waals surface area contributed by atoms with Crippen molar-refractivity contribution in [2.45, 2.75) is 12.2 Å². The predicted molar refractivity (Wildman–Crippen MR) is 99.4 cm³/mol. The average Bonchev–Trinajstić information content (AvgIpc) is 3.16. The number of thioether (sulfide) groups is 1. The maximum Gasteiger partial charge on any atom is 0.299 e. The van der Waals surface area contributed by atoms with Crippen LogP contribution in [-0.2, 0) is 4.79 Å². The molecule has 2 N–H and O–H groups in total. The number of hydrazone groups is 1. The standard InChI is InChI=1S/C17H13N3O2S2/c1-9-15(19-20-17(22)24-9)10-4-5-14-12(7-10)13(16(21)18-14)8-11-3-2-6-23-11/h2-9H,1H3,(H,18,21)(H,20,22)/b13-8-. The van der Waals surface area contributed by atoms with Gasteiger partial charge in [-0.3, -0.25) is 9.59 Å². The summed E-state index contributed by atoms with van der Waals surface area (Å²) in [5.74, 6) is -0.100. The van der Waals surface area contributed by atoms with Crippen LogP contribution in [0.4, 0.5) is 10.5 Å². The minimum absolute atomic E-state index is 0.0356. The third-order valence-electron chi connectivity index (χ3n) is 3.86. The molecule has 2 aromatic rings. The Balaban J connectivity index is 1.77. The maximum atomic E-state index is 12.3. The van der Waals surface area contributed by atoms with Crippen LogP contribution in [0, 0.1) is 0 Å². The Morgan fingerprint density at radius 3 is 2.88 bits per heavy atom. The van der Waals surface area contributed by atoms with Gasteiger partial charge in [-0.2, -0.15) is 5.10 Å². The van der Waals surface area contributed by atoms with E-state index in [2.05, 4.69) is 15.8 Å². The lowest BCUT2D eigenvalue weighted by atomic mass is 10.00. The highest BCUT2D eigenvalue weighted by Crippen LogP contribution is 2.35. The summed E-state index contributed by atoms with van der Waals surface area (Å²) in [5.41, 5.74) is 6.52. The molecule has 5 nitrogen and oxygen atoms in total. The van der Waals surface area contributed by atoms with Crippen LogP contribution in [0.5, 0.6) is 0 Å². The molecule has 1 unspecified atom stereocenters. The number of amides is 2. The Bertz CT molecular complexity index is 901. The molecule has 1 atom stereocenters. The number of fused-ring (bicyclic) bond motifs is 1. The molecule has 2 aliphatic rings. The van der Waals surface area contributed by atoms with Crippen LogP contribution in [0.2, 0.25) is 0 Å². The van der Waals surface area contributed by atoms with E-state index in [9.17, 15) is 9.59 Å². The Morgan fingerprint density at radius 2 is 2.12 bits per heavy atom. The van der Waals surface area contributed by atoms with Crippen LogP contribution in [0.15, 0.2) is 40.8 Å². The molecule has 2 amide bonds. The van der Waals surface area contributed by atoms with Gasteiger partial charge in [0, 0.05) is 16.1 Å². The minimum Gasteiger partial charge on any atom is -0.321 e. The smallest absolute Gasteiger partial charge is 0.299 e. The zero-order valence-electron chi connectivity index (χ0n) is 12.7. The Labute approximate surface area is 146 Å². The van der Waals surface area contributed by atoms with Crippen LogP contribution in [-0.4, -0.2) is 22.1 Å². The zero-order chi connectivity index (χ0) is 16.7. The minimum atomic E-state index is -0.150. The van der Waals surface area contributed by atoms with Crippen molar-refractivity contribution in [3.8, 4) is 0 Å². The molecule has 3 heterocycles. The summed E-state index contributed by atoms with van der Waals surface area (Å²) in [7, 11) is 0. The molecule has 7 heteroatoms. The molecule has 0 bridgehead atoms. The molecular weight excluding hydrogens is 342 g/mol. The first-order chi connectivity index (χ1) is 11.6. The number of hydrogen-bond acceptors (Lipinski definition) is 5. The number of carbonyl (C=O) groups is 2. The van der Waals surface area contributed by atoms with E-state index in [-0.39, 0.29) is 16.4 Å². The first kappa shape index (κ1) is 15.2. The lowest BCUT2D eigenvalue weighted by Crippen LogP contribution is -2.29. The second kappa shape index (κ2) is 5.92. The first-order valence-electron chi connectivity index (χ1n) is 7.37. The third kappa shape index (κ3) is 2.65. The van der Waals surface area contributed by atoms with Gasteiger partial charge in [-0.15, -0.1) is 11.3 Å². The van der Waals surface area contributed by atoms with E-state index in [1.165, 1.54) is 11.8 Å². The molecule has 1 aromatic heterocycles. The fourth-order valence-electron chi connectivity index (χ4n) is 2.75. The van der Waals surface area contributed by atoms with Crippen molar-refractivity contribution in [2.24, 2.45) is 5.10 Å². The summed E-state index contributed by atoms with van der Waals surface area (Å²) >= 11 is 2.79. The summed E-state index contributed by atoms with van der Waals surface area (Å²) in [6.45, 7) is 1.95.